The Morgan fingerprint density at radius 3 is 2.94 bits per heavy atom. The van der Waals surface area contributed by atoms with Crippen molar-refractivity contribution in [2.45, 2.75) is 6.54 Å². The number of pyridine rings is 1. The van der Waals surface area contributed by atoms with E-state index in [0.29, 0.717) is 23.5 Å². The number of carbonyl (C=O) groups excluding carboxylic acids is 1. The molecule has 2 aromatic rings. The van der Waals surface area contributed by atoms with Crippen LogP contribution in [0.2, 0.25) is 0 Å². The van der Waals surface area contributed by atoms with Gasteiger partial charge in [0.15, 0.2) is 0 Å². The minimum absolute atomic E-state index is 0.174. The molecule has 2 rings (SSSR count). The van der Waals surface area contributed by atoms with E-state index >= 15 is 0 Å². The Kier molecular flexibility index (Phi) is 3.80. The third kappa shape index (κ3) is 2.79. The number of nitrogens with zero attached hydrogens (tertiary/aromatic N) is 3. The van der Waals surface area contributed by atoms with Crippen LogP contribution in [0.5, 0.6) is 0 Å². The van der Waals surface area contributed by atoms with E-state index < -0.39 is 0 Å². The molecule has 0 saturated heterocycles. The highest BCUT2D eigenvalue weighted by atomic mass is 16.1. The first-order valence-corrected chi connectivity index (χ1v) is 5.48. The number of rotatable bonds is 4. The smallest absolute Gasteiger partial charge is 0.253 e. The van der Waals surface area contributed by atoms with E-state index in [1.54, 1.807) is 43.8 Å². The summed E-state index contributed by atoms with van der Waals surface area (Å²) in [6.45, 7) is 0.345. The number of nitrogens with one attached hydrogen (secondary N) is 2. The molecule has 0 aliphatic heterocycles. The molecule has 2 heterocycles. The maximum Gasteiger partial charge on any atom is 0.253 e. The van der Waals surface area contributed by atoms with Gasteiger partial charge in [0.05, 0.1) is 29.7 Å². The molecule has 0 atom stereocenters. The molecule has 18 heavy (non-hydrogen) atoms. The van der Waals surface area contributed by atoms with E-state index in [1.807, 2.05) is 0 Å². The molecule has 2 N–H and O–H groups in total. The fraction of sp³-hybridized carbons (Fsp3) is 0.167. The zero-order valence-corrected chi connectivity index (χ0v) is 9.92. The van der Waals surface area contributed by atoms with Crippen LogP contribution in [-0.2, 0) is 6.54 Å². The molecular formula is C12H13N5O. The minimum atomic E-state index is -0.174. The van der Waals surface area contributed by atoms with Gasteiger partial charge in [-0.2, -0.15) is 10.2 Å². The van der Waals surface area contributed by atoms with Crippen LogP contribution in [0.25, 0.3) is 0 Å². The second-order valence-corrected chi connectivity index (χ2v) is 3.57. The average molecular weight is 243 g/mol. The maximum absolute atomic E-state index is 12.0. The molecule has 0 aliphatic carbocycles. The van der Waals surface area contributed by atoms with Crippen LogP contribution in [0.4, 0.5) is 5.69 Å². The van der Waals surface area contributed by atoms with Crippen LogP contribution in [-0.4, -0.2) is 28.1 Å². The molecule has 0 aliphatic rings. The molecule has 0 aromatic carbocycles. The van der Waals surface area contributed by atoms with Gasteiger partial charge < -0.3 is 10.6 Å². The third-order valence-corrected chi connectivity index (χ3v) is 2.39. The molecule has 92 valence electrons. The summed E-state index contributed by atoms with van der Waals surface area (Å²) in [5.41, 5.74) is 1.96. The fourth-order valence-corrected chi connectivity index (χ4v) is 1.49. The van der Waals surface area contributed by atoms with Crippen LogP contribution in [0, 0.1) is 0 Å². The molecule has 6 heteroatoms. The Morgan fingerprint density at radius 1 is 1.33 bits per heavy atom. The van der Waals surface area contributed by atoms with Crippen molar-refractivity contribution in [2.75, 3.05) is 12.4 Å². The van der Waals surface area contributed by atoms with Crippen molar-refractivity contribution in [3.05, 3.63) is 48.0 Å². The summed E-state index contributed by atoms with van der Waals surface area (Å²) < 4.78 is 0. The van der Waals surface area contributed by atoms with Gasteiger partial charge in [0.1, 0.15) is 0 Å². The number of anilines is 1. The summed E-state index contributed by atoms with van der Waals surface area (Å²) in [6.07, 6.45) is 4.78. The first-order valence-electron chi connectivity index (χ1n) is 5.48. The van der Waals surface area contributed by atoms with Gasteiger partial charge in [-0.15, -0.1) is 0 Å². The molecule has 1 amide bonds. The monoisotopic (exact) mass is 243 g/mol. The minimum Gasteiger partial charge on any atom is -0.386 e. The van der Waals surface area contributed by atoms with Gasteiger partial charge in [-0.25, -0.2) is 0 Å². The fourth-order valence-electron chi connectivity index (χ4n) is 1.49. The standard InChI is InChI=1S/C12H13N5O/c1-13-11-8-14-6-4-10(11)12(18)15-7-9-3-2-5-16-17-9/h2-6,8,13H,7H2,1H3,(H,15,18). The van der Waals surface area contributed by atoms with Crippen LogP contribution < -0.4 is 10.6 Å². The second kappa shape index (κ2) is 5.72. The van der Waals surface area contributed by atoms with Crippen molar-refractivity contribution in [3.63, 3.8) is 0 Å². The molecule has 6 nitrogen and oxygen atoms in total. The summed E-state index contributed by atoms with van der Waals surface area (Å²) >= 11 is 0. The molecule has 0 radical (unpaired) electrons. The zero-order chi connectivity index (χ0) is 12.8. The van der Waals surface area contributed by atoms with Gasteiger partial charge in [-0.3, -0.25) is 9.78 Å². The predicted octanol–water partition coefficient (Wildman–Crippen LogP) is 0.843. The Hall–Kier alpha value is -2.50. The Balaban J connectivity index is 2.04. The largest absolute Gasteiger partial charge is 0.386 e. The number of hydrogen-bond acceptors (Lipinski definition) is 5. The number of hydrogen-bond donors (Lipinski definition) is 2. The molecule has 0 fully saturated rings. The van der Waals surface area contributed by atoms with Crippen molar-refractivity contribution in [2.24, 2.45) is 0 Å². The quantitative estimate of drug-likeness (QED) is 0.832. The van der Waals surface area contributed by atoms with Crippen molar-refractivity contribution in [1.29, 1.82) is 0 Å². The van der Waals surface area contributed by atoms with Crippen molar-refractivity contribution >= 4 is 11.6 Å². The summed E-state index contributed by atoms with van der Waals surface area (Å²) in [6, 6.07) is 5.25. The van der Waals surface area contributed by atoms with Crippen LogP contribution in [0.15, 0.2) is 36.8 Å². The average Bonchev–Trinajstić information content (AvgIpc) is 2.45. The Morgan fingerprint density at radius 2 is 2.22 bits per heavy atom. The zero-order valence-electron chi connectivity index (χ0n) is 9.92. The summed E-state index contributed by atoms with van der Waals surface area (Å²) in [7, 11) is 1.75. The van der Waals surface area contributed by atoms with E-state index in [2.05, 4.69) is 25.8 Å². The SMILES string of the molecule is CNc1cnccc1C(=O)NCc1cccnn1. The molecule has 0 unspecified atom stereocenters. The Labute approximate surface area is 104 Å². The van der Waals surface area contributed by atoms with Gasteiger partial charge in [0, 0.05) is 19.4 Å². The molecular weight excluding hydrogens is 230 g/mol. The summed E-state index contributed by atoms with van der Waals surface area (Å²) in [4.78, 5) is 15.9. The normalized spacial score (nSPS) is 9.83. The highest BCUT2D eigenvalue weighted by Gasteiger charge is 2.10. The topological polar surface area (TPSA) is 79.8 Å². The van der Waals surface area contributed by atoms with Gasteiger partial charge in [0.25, 0.3) is 5.91 Å². The van der Waals surface area contributed by atoms with E-state index in [-0.39, 0.29) is 5.91 Å². The molecule has 0 bridgehead atoms. The predicted molar refractivity (Wildman–Crippen MR) is 67.0 cm³/mol. The lowest BCUT2D eigenvalue weighted by atomic mass is 10.2. The van der Waals surface area contributed by atoms with Gasteiger partial charge in [-0.05, 0) is 18.2 Å². The van der Waals surface area contributed by atoms with Gasteiger partial charge >= 0.3 is 0 Å². The first kappa shape index (κ1) is 12.0. The third-order valence-electron chi connectivity index (χ3n) is 2.39. The molecule has 0 saturated carbocycles. The highest BCUT2D eigenvalue weighted by molar-refractivity contribution is 5.99. The maximum atomic E-state index is 12.0. The Bertz CT molecular complexity index is 529. The van der Waals surface area contributed by atoms with Crippen molar-refractivity contribution < 1.29 is 4.79 Å². The lowest BCUT2D eigenvalue weighted by Crippen LogP contribution is -2.24. The molecule has 0 spiro atoms. The lowest BCUT2D eigenvalue weighted by Gasteiger charge is -2.08. The summed E-state index contributed by atoms with van der Waals surface area (Å²) in [5, 5.41) is 13.3. The van der Waals surface area contributed by atoms with Gasteiger partial charge in [0.2, 0.25) is 0 Å². The number of carbonyl (C=O) groups is 1. The van der Waals surface area contributed by atoms with E-state index in [4.69, 9.17) is 0 Å². The van der Waals surface area contributed by atoms with Crippen LogP contribution in [0.3, 0.4) is 0 Å². The number of aromatic nitrogens is 3. The van der Waals surface area contributed by atoms with E-state index in [0.717, 1.165) is 0 Å². The van der Waals surface area contributed by atoms with Crippen LogP contribution in [0.1, 0.15) is 16.1 Å². The van der Waals surface area contributed by atoms with Gasteiger partial charge in [-0.1, -0.05) is 0 Å². The molecule has 2 aromatic heterocycles. The van der Waals surface area contributed by atoms with E-state index in [1.165, 1.54) is 0 Å². The highest BCUT2D eigenvalue weighted by Crippen LogP contribution is 2.12. The second-order valence-electron chi connectivity index (χ2n) is 3.57. The summed E-state index contributed by atoms with van der Waals surface area (Å²) in [5.74, 6) is -0.174. The van der Waals surface area contributed by atoms with Crippen molar-refractivity contribution in [1.82, 2.24) is 20.5 Å². The van der Waals surface area contributed by atoms with Crippen LogP contribution >= 0.6 is 0 Å². The number of amides is 1. The lowest BCUT2D eigenvalue weighted by molar-refractivity contribution is 0.0951. The van der Waals surface area contributed by atoms with Crippen molar-refractivity contribution in [3.8, 4) is 0 Å². The first-order chi connectivity index (χ1) is 8.81. The van der Waals surface area contributed by atoms with E-state index in [9.17, 15) is 4.79 Å².